The molecule has 5 heteroatoms. The second-order valence-corrected chi connectivity index (χ2v) is 13.8. The molecule has 3 aromatic heterocycles. The minimum atomic E-state index is 0.588. The highest BCUT2D eigenvalue weighted by atomic mass is 32.1. The number of benzene rings is 8. The van der Waals surface area contributed by atoms with Gasteiger partial charge in [-0.3, -0.25) is 0 Å². The number of hydrogen-bond donors (Lipinski definition) is 0. The lowest BCUT2D eigenvalue weighted by molar-refractivity contribution is 0.620. The molecule has 0 saturated heterocycles. The topological polar surface area (TPSA) is 42.4 Å². The molecular formula is C45H26N2O2S. The van der Waals surface area contributed by atoms with Gasteiger partial charge in [0.25, 0.3) is 0 Å². The molecule has 0 atom stereocenters. The molecule has 4 nitrogen and oxygen atoms in total. The normalized spacial score (nSPS) is 12.0. The summed E-state index contributed by atoms with van der Waals surface area (Å²) in [6.07, 6.45) is 0. The summed E-state index contributed by atoms with van der Waals surface area (Å²) < 4.78 is 15.4. The van der Waals surface area contributed by atoms with Crippen molar-refractivity contribution in [2.45, 2.75) is 0 Å². The fourth-order valence-electron chi connectivity index (χ4n) is 7.62. The van der Waals surface area contributed by atoms with E-state index in [4.69, 9.17) is 13.8 Å². The van der Waals surface area contributed by atoms with Crippen molar-refractivity contribution in [1.29, 1.82) is 0 Å². The summed E-state index contributed by atoms with van der Waals surface area (Å²) in [4.78, 5) is 7.18. The van der Waals surface area contributed by atoms with Crippen LogP contribution in [0, 0.1) is 0 Å². The lowest BCUT2D eigenvalue weighted by Crippen LogP contribution is -2.10. The molecule has 0 radical (unpaired) electrons. The van der Waals surface area contributed by atoms with Crippen molar-refractivity contribution in [3.05, 3.63) is 158 Å². The molecule has 0 N–H and O–H groups in total. The zero-order valence-corrected chi connectivity index (χ0v) is 27.4. The number of hydrogen-bond acceptors (Lipinski definition) is 5. The van der Waals surface area contributed by atoms with E-state index < -0.39 is 0 Å². The van der Waals surface area contributed by atoms with Gasteiger partial charge in [0.1, 0.15) is 16.7 Å². The maximum Gasteiger partial charge on any atom is 0.228 e. The third-order valence-electron chi connectivity index (χ3n) is 9.87. The van der Waals surface area contributed by atoms with Crippen molar-refractivity contribution >= 4 is 103 Å². The molecule has 11 aromatic rings. The molecule has 0 saturated carbocycles. The number of thiophene rings is 1. The van der Waals surface area contributed by atoms with E-state index in [2.05, 4.69) is 126 Å². The van der Waals surface area contributed by atoms with Gasteiger partial charge in [0, 0.05) is 59.3 Å². The lowest BCUT2D eigenvalue weighted by Gasteiger charge is -2.27. The van der Waals surface area contributed by atoms with Crippen LogP contribution in [0.4, 0.5) is 17.1 Å². The van der Waals surface area contributed by atoms with Crippen LogP contribution < -0.4 is 4.90 Å². The van der Waals surface area contributed by atoms with E-state index in [1.807, 2.05) is 47.7 Å². The van der Waals surface area contributed by atoms with Gasteiger partial charge in [0.2, 0.25) is 5.89 Å². The number of rotatable bonds is 4. The fraction of sp³-hybridized carbons (Fsp3) is 0. The maximum absolute atomic E-state index is 6.61. The molecule has 0 aliphatic rings. The highest BCUT2D eigenvalue weighted by Crippen LogP contribution is 2.46. The third-order valence-corrected chi connectivity index (χ3v) is 11.0. The number of para-hydroxylation sites is 2. The molecule has 50 heavy (non-hydrogen) atoms. The van der Waals surface area contributed by atoms with Crippen LogP contribution in [0.5, 0.6) is 0 Å². The average Bonchev–Trinajstić information content (AvgIpc) is 3.88. The summed E-state index contributed by atoms with van der Waals surface area (Å²) in [5.41, 5.74) is 7.33. The molecule has 8 aromatic carbocycles. The lowest BCUT2D eigenvalue weighted by atomic mass is 10.0. The molecule has 11 rings (SSSR count). The minimum Gasteiger partial charge on any atom is -0.456 e. The second kappa shape index (κ2) is 10.5. The SMILES string of the molecule is c1ccc2c(N(c3ccc4c(c3)oc3cccc(-c5nc6ccccc6o5)c34)c3ccc4sc5ccc6ccccc6c5c4c3)cccc2c1. The van der Waals surface area contributed by atoms with Crippen molar-refractivity contribution in [1.82, 2.24) is 4.98 Å². The van der Waals surface area contributed by atoms with Crippen LogP contribution >= 0.6 is 11.3 Å². The second-order valence-electron chi connectivity index (χ2n) is 12.7. The monoisotopic (exact) mass is 658 g/mol. The summed E-state index contributed by atoms with van der Waals surface area (Å²) >= 11 is 1.85. The zero-order valence-electron chi connectivity index (χ0n) is 26.6. The Hall–Kier alpha value is -6.43. The first kappa shape index (κ1) is 27.5. The van der Waals surface area contributed by atoms with Crippen LogP contribution in [-0.2, 0) is 0 Å². The van der Waals surface area contributed by atoms with E-state index in [0.717, 1.165) is 55.7 Å². The largest absolute Gasteiger partial charge is 0.456 e. The number of furan rings is 1. The molecule has 0 unspecified atom stereocenters. The van der Waals surface area contributed by atoms with Crippen molar-refractivity contribution in [3.8, 4) is 11.5 Å². The molecule has 3 heterocycles. The standard InChI is InChI=1S/C45H26N2O2S/c1-3-12-31-27(9-1)11-7-16-37(31)47(29-21-24-41-35(25-29)44-32-13-4-2-10-28(32)19-23-42(44)50-41)30-20-22-33-40(26-30)48-39-18-8-14-34(43(33)39)45-46-36-15-5-6-17-38(36)49-45/h1-26H. The Morgan fingerprint density at radius 1 is 0.460 bits per heavy atom. The predicted octanol–water partition coefficient (Wildman–Crippen LogP) is 13.5. The van der Waals surface area contributed by atoms with Crippen LogP contribution in [0.1, 0.15) is 0 Å². The highest BCUT2D eigenvalue weighted by Gasteiger charge is 2.21. The molecule has 0 fully saturated rings. The number of nitrogens with zero attached hydrogens (tertiary/aromatic N) is 2. The first-order valence-corrected chi connectivity index (χ1v) is 17.5. The van der Waals surface area contributed by atoms with Crippen LogP contribution in [-0.4, -0.2) is 4.98 Å². The molecule has 0 amide bonds. The Labute approximate surface area is 290 Å². The smallest absolute Gasteiger partial charge is 0.228 e. The van der Waals surface area contributed by atoms with Crippen LogP contribution in [0.15, 0.2) is 167 Å². The summed E-state index contributed by atoms with van der Waals surface area (Å²) in [5.74, 6) is 0.588. The van der Waals surface area contributed by atoms with Gasteiger partial charge in [0.15, 0.2) is 5.58 Å². The number of aromatic nitrogens is 1. The van der Waals surface area contributed by atoms with Gasteiger partial charge in [-0.05, 0) is 82.9 Å². The number of anilines is 3. The Kier molecular flexibility index (Phi) is 5.80. The predicted molar refractivity (Wildman–Crippen MR) is 209 cm³/mol. The van der Waals surface area contributed by atoms with E-state index in [1.165, 1.54) is 41.7 Å². The van der Waals surface area contributed by atoms with Crippen LogP contribution in [0.2, 0.25) is 0 Å². The van der Waals surface area contributed by atoms with E-state index >= 15 is 0 Å². The van der Waals surface area contributed by atoms with Crippen molar-refractivity contribution < 1.29 is 8.83 Å². The van der Waals surface area contributed by atoms with E-state index in [0.29, 0.717) is 5.89 Å². The maximum atomic E-state index is 6.61. The Morgan fingerprint density at radius 3 is 2.10 bits per heavy atom. The molecule has 0 aliphatic carbocycles. The summed E-state index contributed by atoms with van der Waals surface area (Å²) in [5, 5.41) is 9.49. The zero-order chi connectivity index (χ0) is 32.8. The number of fused-ring (bicyclic) bond motifs is 10. The van der Waals surface area contributed by atoms with Gasteiger partial charge in [-0.15, -0.1) is 11.3 Å². The van der Waals surface area contributed by atoms with Gasteiger partial charge in [-0.2, -0.15) is 0 Å². The van der Waals surface area contributed by atoms with Gasteiger partial charge in [-0.1, -0.05) is 84.9 Å². The van der Waals surface area contributed by atoms with Gasteiger partial charge >= 0.3 is 0 Å². The molecule has 0 aliphatic heterocycles. The number of oxazole rings is 1. The highest BCUT2D eigenvalue weighted by molar-refractivity contribution is 7.26. The Morgan fingerprint density at radius 2 is 1.18 bits per heavy atom. The fourth-order valence-corrected chi connectivity index (χ4v) is 8.73. The third kappa shape index (κ3) is 4.08. The van der Waals surface area contributed by atoms with Gasteiger partial charge < -0.3 is 13.7 Å². The van der Waals surface area contributed by atoms with E-state index in [1.54, 1.807) is 0 Å². The van der Waals surface area contributed by atoms with Gasteiger partial charge in [-0.25, -0.2) is 4.98 Å². The van der Waals surface area contributed by atoms with Crippen LogP contribution in [0.25, 0.3) is 86.2 Å². The van der Waals surface area contributed by atoms with Crippen molar-refractivity contribution in [2.75, 3.05) is 4.90 Å². The molecule has 234 valence electrons. The average molecular weight is 659 g/mol. The first-order chi connectivity index (χ1) is 24.8. The van der Waals surface area contributed by atoms with Crippen molar-refractivity contribution in [3.63, 3.8) is 0 Å². The van der Waals surface area contributed by atoms with Gasteiger partial charge in [0.05, 0.1) is 5.69 Å². The van der Waals surface area contributed by atoms with E-state index in [-0.39, 0.29) is 0 Å². The molecule has 0 bridgehead atoms. The van der Waals surface area contributed by atoms with Crippen LogP contribution in [0.3, 0.4) is 0 Å². The summed E-state index contributed by atoms with van der Waals surface area (Å²) in [7, 11) is 0. The van der Waals surface area contributed by atoms with Crippen molar-refractivity contribution in [2.24, 2.45) is 0 Å². The summed E-state index contributed by atoms with van der Waals surface area (Å²) in [6, 6.07) is 55.7. The summed E-state index contributed by atoms with van der Waals surface area (Å²) in [6.45, 7) is 0. The Balaban J connectivity index is 1.15. The molecular weight excluding hydrogens is 633 g/mol. The quantitative estimate of drug-likeness (QED) is 0.189. The van der Waals surface area contributed by atoms with E-state index in [9.17, 15) is 0 Å². The minimum absolute atomic E-state index is 0.588. The molecule has 0 spiro atoms. The Bertz CT molecular complexity index is 3090. The first-order valence-electron chi connectivity index (χ1n) is 16.7.